The van der Waals surface area contributed by atoms with Crippen molar-refractivity contribution in [3.8, 4) is 0 Å². The molecule has 0 radical (unpaired) electrons. The lowest BCUT2D eigenvalue weighted by atomic mass is 9.79. The summed E-state index contributed by atoms with van der Waals surface area (Å²) in [6.07, 6.45) is 1.61. The van der Waals surface area contributed by atoms with Gasteiger partial charge in [-0.15, -0.1) is 11.3 Å². The number of aromatic nitrogens is 1. The molecule has 0 saturated carbocycles. The van der Waals surface area contributed by atoms with Crippen LogP contribution in [0.5, 0.6) is 0 Å². The van der Waals surface area contributed by atoms with Crippen molar-refractivity contribution in [1.82, 2.24) is 9.88 Å². The largest absolute Gasteiger partial charge is 0.381 e. The van der Waals surface area contributed by atoms with Gasteiger partial charge in [-0.3, -0.25) is 0 Å². The molecule has 6 nitrogen and oxygen atoms in total. The third kappa shape index (κ3) is 3.21. The first-order valence-corrected chi connectivity index (χ1v) is 9.85. The van der Waals surface area contributed by atoms with Crippen molar-refractivity contribution >= 4 is 21.4 Å². The molecule has 126 valence electrons. The molecule has 1 fully saturated rings. The molecule has 1 aliphatic rings. The molecule has 1 saturated heterocycles. The van der Waals surface area contributed by atoms with Gasteiger partial charge in [-0.25, -0.2) is 13.1 Å². The molecule has 23 heavy (non-hydrogen) atoms. The van der Waals surface area contributed by atoms with Gasteiger partial charge in [0.15, 0.2) is 5.76 Å². The van der Waals surface area contributed by atoms with E-state index >= 15 is 0 Å². The smallest absolute Gasteiger partial charge is 0.245 e. The van der Waals surface area contributed by atoms with E-state index in [1.54, 1.807) is 25.2 Å². The summed E-state index contributed by atoms with van der Waals surface area (Å²) in [5, 5.41) is 5.76. The minimum atomic E-state index is -3.65. The number of nitrogens with one attached hydrogen (secondary N) is 1. The highest BCUT2D eigenvalue weighted by atomic mass is 32.2. The van der Waals surface area contributed by atoms with Crippen molar-refractivity contribution < 1.29 is 17.7 Å². The first kappa shape index (κ1) is 16.6. The van der Waals surface area contributed by atoms with Crippen LogP contribution in [-0.2, 0) is 20.2 Å². The minimum absolute atomic E-state index is 0.144. The van der Waals surface area contributed by atoms with Crippen LogP contribution in [0.2, 0.25) is 0 Å². The van der Waals surface area contributed by atoms with E-state index in [0.29, 0.717) is 31.2 Å². The fraction of sp³-hybridized carbons (Fsp3) is 0.533. The monoisotopic (exact) mass is 356 g/mol. The van der Waals surface area contributed by atoms with E-state index < -0.39 is 10.0 Å². The van der Waals surface area contributed by atoms with Crippen LogP contribution in [0.25, 0.3) is 0 Å². The predicted molar refractivity (Wildman–Crippen MR) is 87.2 cm³/mol. The Morgan fingerprint density at radius 2 is 2.09 bits per heavy atom. The predicted octanol–water partition coefficient (Wildman–Crippen LogP) is 2.38. The van der Waals surface area contributed by atoms with Crippen LogP contribution in [0.15, 0.2) is 26.9 Å². The molecule has 0 spiro atoms. The molecule has 0 atom stereocenters. The molecule has 0 unspecified atom stereocenters. The molecule has 0 amide bonds. The van der Waals surface area contributed by atoms with E-state index in [4.69, 9.17) is 9.26 Å². The highest BCUT2D eigenvalue weighted by molar-refractivity contribution is 7.89. The maximum absolute atomic E-state index is 12.7. The number of hydrogen-bond donors (Lipinski definition) is 1. The lowest BCUT2D eigenvalue weighted by Gasteiger charge is -2.36. The number of rotatable bonds is 5. The Labute approximate surface area is 139 Å². The van der Waals surface area contributed by atoms with Crippen LogP contribution in [-0.4, -0.2) is 33.3 Å². The van der Waals surface area contributed by atoms with Gasteiger partial charge in [-0.2, -0.15) is 0 Å². The minimum Gasteiger partial charge on any atom is -0.381 e. The molecule has 1 aliphatic heterocycles. The zero-order valence-electron chi connectivity index (χ0n) is 13.2. The summed E-state index contributed by atoms with van der Waals surface area (Å²) in [4.78, 5) is 1.34. The van der Waals surface area contributed by atoms with Crippen molar-refractivity contribution in [2.24, 2.45) is 0 Å². The van der Waals surface area contributed by atoms with Crippen LogP contribution in [0, 0.1) is 13.8 Å². The quantitative estimate of drug-likeness (QED) is 0.889. The van der Waals surface area contributed by atoms with Gasteiger partial charge in [0.05, 0.1) is 0 Å². The molecular weight excluding hydrogens is 336 g/mol. The van der Waals surface area contributed by atoms with Gasteiger partial charge in [0, 0.05) is 30.1 Å². The van der Waals surface area contributed by atoms with Crippen LogP contribution in [0.1, 0.15) is 29.2 Å². The Hall–Kier alpha value is -1.22. The second-order valence-corrected chi connectivity index (χ2v) is 8.50. The highest BCUT2D eigenvalue weighted by Gasteiger charge is 2.37. The molecule has 0 aromatic carbocycles. The fourth-order valence-corrected chi connectivity index (χ4v) is 5.46. The van der Waals surface area contributed by atoms with Crippen LogP contribution in [0.3, 0.4) is 0 Å². The average Bonchev–Trinajstić information content (AvgIpc) is 3.17. The number of aryl methyl sites for hydroxylation is 2. The third-order valence-corrected chi connectivity index (χ3v) is 7.09. The normalized spacial score (nSPS) is 18.2. The lowest BCUT2D eigenvalue weighted by molar-refractivity contribution is 0.0529. The molecule has 1 N–H and O–H groups in total. The summed E-state index contributed by atoms with van der Waals surface area (Å²) in [5.74, 6) is 0.312. The summed E-state index contributed by atoms with van der Waals surface area (Å²) in [6, 6.07) is 4.07. The summed E-state index contributed by atoms with van der Waals surface area (Å²) < 4.78 is 38.5. The lowest BCUT2D eigenvalue weighted by Crippen LogP contribution is -2.44. The Kier molecular flexibility index (Phi) is 4.59. The average molecular weight is 356 g/mol. The van der Waals surface area contributed by atoms with Gasteiger partial charge in [0.25, 0.3) is 0 Å². The van der Waals surface area contributed by atoms with Gasteiger partial charge in [0.1, 0.15) is 10.6 Å². The van der Waals surface area contributed by atoms with Crippen molar-refractivity contribution in [3.63, 3.8) is 0 Å². The molecule has 3 heterocycles. The molecular formula is C15H20N2O4S2. The number of thiophene rings is 1. The molecule has 2 aromatic heterocycles. The van der Waals surface area contributed by atoms with Crippen molar-refractivity contribution in [3.05, 3.63) is 33.8 Å². The molecule has 0 aliphatic carbocycles. The SMILES string of the molecule is Cc1noc(C)c1S(=O)(=O)NCC1(c2cccs2)CCOCC1. The first-order chi connectivity index (χ1) is 10.9. The number of nitrogens with zero attached hydrogens (tertiary/aromatic N) is 1. The number of ether oxygens (including phenoxy) is 1. The molecule has 2 aromatic rings. The summed E-state index contributed by atoms with van der Waals surface area (Å²) in [5.41, 5.74) is 0.172. The van der Waals surface area contributed by atoms with E-state index in [9.17, 15) is 8.42 Å². The van der Waals surface area contributed by atoms with Gasteiger partial charge < -0.3 is 9.26 Å². The Morgan fingerprint density at radius 3 is 2.65 bits per heavy atom. The highest BCUT2D eigenvalue weighted by Crippen LogP contribution is 2.37. The Balaban J connectivity index is 1.85. The Bertz CT molecular complexity index is 740. The first-order valence-electron chi connectivity index (χ1n) is 7.49. The summed E-state index contributed by atoms with van der Waals surface area (Å²) in [6.45, 7) is 4.88. The maximum atomic E-state index is 12.7. The van der Waals surface area contributed by atoms with Crippen LogP contribution >= 0.6 is 11.3 Å². The topological polar surface area (TPSA) is 81.4 Å². The van der Waals surface area contributed by atoms with E-state index in [-0.39, 0.29) is 10.3 Å². The van der Waals surface area contributed by atoms with E-state index in [2.05, 4.69) is 15.9 Å². The van der Waals surface area contributed by atoms with Gasteiger partial charge in [-0.05, 0) is 38.1 Å². The summed E-state index contributed by atoms with van der Waals surface area (Å²) >= 11 is 1.66. The molecule has 3 rings (SSSR count). The second kappa shape index (κ2) is 6.35. The zero-order valence-corrected chi connectivity index (χ0v) is 14.8. The second-order valence-electron chi connectivity index (χ2n) is 5.85. The van der Waals surface area contributed by atoms with Gasteiger partial charge >= 0.3 is 0 Å². The zero-order chi connectivity index (χ0) is 16.5. The van der Waals surface area contributed by atoms with E-state index in [1.807, 2.05) is 11.4 Å². The molecule has 8 heteroatoms. The molecule has 0 bridgehead atoms. The Morgan fingerprint density at radius 1 is 1.35 bits per heavy atom. The standard InChI is InChI=1S/C15H20N2O4S2/c1-11-14(12(2)21-17-11)23(18,19)16-10-15(5-7-20-8-6-15)13-4-3-9-22-13/h3-4,9,16H,5-8,10H2,1-2H3. The van der Waals surface area contributed by atoms with Crippen molar-refractivity contribution in [2.75, 3.05) is 19.8 Å². The van der Waals surface area contributed by atoms with Crippen LogP contribution in [0.4, 0.5) is 0 Å². The van der Waals surface area contributed by atoms with Crippen LogP contribution < -0.4 is 4.72 Å². The van der Waals surface area contributed by atoms with E-state index in [0.717, 1.165) is 12.8 Å². The maximum Gasteiger partial charge on any atom is 0.245 e. The summed E-state index contributed by atoms with van der Waals surface area (Å²) in [7, 11) is -3.65. The van der Waals surface area contributed by atoms with Gasteiger partial charge in [0.2, 0.25) is 10.0 Å². The van der Waals surface area contributed by atoms with E-state index in [1.165, 1.54) is 4.88 Å². The number of hydrogen-bond acceptors (Lipinski definition) is 6. The van der Waals surface area contributed by atoms with Crippen molar-refractivity contribution in [1.29, 1.82) is 0 Å². The van der Waals surface area contributed by atoms with Gasteiger partial charge in [-0.1, -0.05) is 11.2 Å². The van der Waals surface area contributed by atoms with Crippen molar-refractivity contribution in [2.45, 2.75) is 37.0 Å². The number of sulfonamides is 1. The fourth-order valence-electron chi connectivity index (χ4n) is 3.02. The third-order valence-electron chi connectivity index (χ3n) is 4.33.